The van der Waals surface area contributed by atoms with Crippen molar-refractivity contribution in [3.05, 3.63) is 53.8 Å². The zero-order chi connectivity index (χ0) is 21.0. The number of amides is 1. The van der Waals surface area contributed by atoms with E-state index in [1.54, 1.807) is 37.3 Å². The summed E-state index contributed by atoms with van der Waals surface area (Å²) >= 11 is 0. The molecule has 0 bridgehead atoms. The molecule has 0 aliphatic rings. The van der Waals surface area contributed by atoms with Crippen molar-refractivity contribution in [3.8, 4) is 34.7 Å². The minimum Gasteiger partial charge on any atom is -0.508 e. The first-order chi connectivity index (χ1) is 14.0. The van der Waals surface area contributed by atoms with E-state index in [2.05, 4.69) is 5.32 Å². The Morgan fingerprint density at radius 3 is 2.28 bits per heavy atom. The first-order valence-corrected chi connectivity index (χ1v) is 8.64. The van der Waals surface area contributed by atoms with Crippen LogP contribution in [0, 0.1) is 6.92 Å². The molecule has 0 atom stereocenters. The highest BCUT2D eigenvalue weighted by atomic mass is 16.6. The number of carbonyl (C=O) groups is 1. The quantitative estimate of drug-likeness (QED) is 0.609. The molecule has 0 spiro atoms. The summed E-state index contributed by atoms with van der Waals surface area (Å²) in [6, 6.07) is 11.1. The SMILES string of the molecule is COc1cc(OC)c(NC(=O)c2ccc(Oc3cccc(O)c3C)o2)c(OC)c1. The van der Waals surface area contributed by atoms with Crippen molar-refractivity contribution in [1.82, 2.24) is 0 Å². The minimum absolute atomic E-state index is 0.0257. The van der Waals surface area contributed by atoms with Gasteiger partial charge in [-0.05, 0) is 25.1 Å². The lowest BCUT2D eigenvalue weighted by Gasteiger charge is -2.15. The molecular formula is C21H21NO7. The molecule has 0 saturated carbocycles. The van der Waals surface area contributed by atoms with Crippen molar-refractivity contribution in [1.29, 1.82) is 0 Å². The molecule has 8 nitrogen and oxygen atoms in total. The summed E-state index contributed by atoms with van der Waals surface area (Å²) in [4.78, 5) is 12.6. The second-order valence-corrected chi connectivity index (χ2v) is 5.98. The standard InChI is InChI=1S/C21H21NO7/c1-12-14(23)6-5-7-15(12)28-19-9-8-16(29-19)21(24)22-20-17(26-3)10-13(25-2)11-18(20)27-4/h5-11,23H,1-4H3,(H,22,24). The van der Waals surface area contributed by atoms with Gasteiger partial charge in [0.25, 0.3) is 11.9 Å². The van der Waals surface area contributed by atoms with E-state index < -0.39 is 5.91 Å². The van der Waals surface area contributed by atoms with E-state index in [1.165, 1.54) is 33.5 Å². The summed E-state index contributed by atoms with van der Waals surface area (Å²) in [6.07, 6.45) is 0. The summed E-state index contributed by atoms with van der Waals surface area (Å²) in [5, 5.41) is 12.5. The molecule has 1 amide bonds. The Labute approximate surface area is 167 Å². The van der Waals surface area contributed by atoms with Gasteiger partial charge in [-0.25, -0.2) is 0 Å². The van der Waals surface area contributed by atoms with Crippen LogP contribution in [0.4, 0.5) is 5.69 Å². The molecule has 2 aromatic carbocycles. The van der Waals surface area contributed by atoms with E-state index in [4.69, 9.17) is 23.4 Å². The maximum atomic E-state index is 12.6. The molecule has 0 saturated heterocycles. The van der Waals surface area contributed by atoms with Gasteiger partial charge in [-0.1, -0.05) is 6.07 Å². The molecule has 0 radical (unpaired) electrons. The van der Waals surface area contributed by atoms with Crippen molar-refractivity contribution in [2.75, 3.05) is 26.6 Å². The van der Waals surface area contributed by atoms with Crippen molar-refractivity contribution in [2.24, 2.45) is 0 Å². The molecule has 0 aliphatic heterocycles. The van der Waals surface area contributed by atoms with Crippen LogP contribution < -0.4 is 24.3 Å². The molecule has 1 aromatic heterocycles. The van der Waals surface area contributed by atoms with Crippen LogP contribution in [0.15, 0.2) is 46.9 Å². The van der Waals surface area contributed by atoms with E-state index >= 15 is 0 Å². The molecule has 2 N–H and O–H groups in total. The highest BCUT2D eigenvalue weighted by Crippen LogP contribution is 2.39. The van der Waals surface area contributed by atoms with Crippen molar-refractivity contribution >= 4 is 11.6 Å². The van der Waals surface area contributed by atoms with Crippen LogP contribution in [0.3, 0.4) is 0 Å². The Bertz CT molecular complexity index is 1000. The molecule has 29 heavy (non-hydrogen) atoms. The lowest BCUT2D eigenvalue weighted by Crippen LogP contribution is -2.13. The Morgan fingerprint density at radius 2 is 1.66 bits per heavy atom. The molecule has 8 heteroatoms. The normalized spacial score (nSPS) is 10.3. The van der Waals surface area contributed by atoms with Crippen LogP contribution in [0.1, 0.15) is 16.1 Å². The second-order valence-electron chi connectivity index (χ2n) is 5.98. The molecule has 152 valence electrons. The molecule has 0 aliphatic carbocycles. The highest BCUT2D eigenvalue weighted by Gasteiger charge is 2.19. The minimum atomic E-state index is -0.519. The van der Waals surface area contributed by atoms with Crippen LogP contribution in [0.5, 0.6) is 34.7 Å². The van der Waals surface area contributed by atoms with Gasteiger partial charge in [-0.3, -0.25) is 4.79 Å². The van der Waals surface area contributed by atoms with Crippen LogP contribution in [-0.4, -0.2) is 32.3 Å². The second kappa shape index (κ2) is 8.47. The number of methoxy groups -OCH3 is 3. The fourth-order valence-electron chi connectivity index (χ4n) is 2.62. The first kappa shape index (κ1) is 19.9. The van der Waals surface area contributed by atoms with Gasteiger partial charge < -0.3 is 33.8 Å². The van der Waals surface area contributed by atoms with Gasteiger partial charge in [-0.15, -0.1) is 0 Å². The Kier molecular flexibility index (Phi) is 5.82. The fraction of sp³-hybridized carbons (Fsp3) is 0.190. The summed E-state index contributed by atoms with van der Waals surface area (Å²) in [5.74, 6) is 1.40. The molecular weight excluding hydrogens is 378 g/mol. The number of nitrogens with one attached hydrogen (secondary N) is 1. The highest BCUT2D eigenvalue weighted by molar-refractivity contribution is 6.04. The van der Waals surface area contributed by atoms with Crippen molar-refractivity contribution in [3.63, 3.8) is 0 Å². The zero-order valence-corrected chi connectivity index (χ0v) is 16.4. The average molecular weight is 399 g/mol. The van der Waals surface area contributed by atoms with E-state index in [9.17, 15) is 9.90 Å². The number of rotatable bonds is 7. The molecule has 3 aromatic rings. The van der Waals surface area contributed by atoms with Gasteiger partial charge in [0.1, 0.15) is 34.4 Å². The summed E-state index contributed by atoms with van der Waals surface area (Å²) < 4.78 is 26.9. The van der Waals surface area contributed by atoms with Gasteiger partial charge in [-0.2, -0.15) is 0 Å². The zero-order valence-electron chi connectivity index (χ0n) is 16.4. The number of benzene rings is 2. The van der Waals surface area contributed by atoms with Crippen LogP contribution >= 0.6 is 0 Å². The number of carbonyl (C=O) groups excluding carboxylic acids is 1. The number of aromatic hydroxyl groups is 1. The number of ether oxygens (including phenoxy) is 4. The van der Waals surface area contributed by atoms with E-state index in [-0.39, 0.29) is 17.5 Å². The van der Waals surface area contributed by atoms with Crippen molar-refractivity contribution in [2.45, 2.75) is 6.92 Å². The Morgan fingerprint density at radius 1 is 0.966 bits per heavy atom. The Hall–Kier alpha value is -3.81. The lowest BCUT2D eigenvalue weighted by atomic mass is 10.2. The van der Waals surface area contributed by atoms with Crippen molar-refractivity contribution < 1.29 is 33.3 Å². The van der Waals surface area contributed by atoms with Crippen LogP contribution in [-0.2, 0) is 0 Å². The Balaban J connectivity index is 1.81. The fourth-order valence-corrected chi connectivity index (χ4v) is 2.62. The van der Waals surface area contributed by atoms with E-state index in [1.807, 2.05) is 0 Å². The van der Waals surface area contributed by atoms with Gasteiger partial charge in [0.2, 0.25) is 0 Å². The smallest absolute Gasteiger partial charge is 0.291 e. The molecule has 3 rings (SSSR count). The number of hydrogen-bond acceptors (Lipinski definition) is 7. The molecule has 0 fully saturated rings. The third-order valence-corrected chi connectivity index (χ3v) is 4.22. The molecule has 0 unspecified atom stereocenters. The summed E-state index contributed by atoms with van der Waals surface area (Å²) in [5.41, 5.74) is 0.895. The monoisotopic (exact) mass is 399 g/mol. The predicted octanol–water partition coefficient (Wildman–Crippen LogP) is 4.36. The third-order valence-electron chi connectivity index (χ3n) is 4.22. The predicted molar refractivity (Wildman–Crippen MR) is 106 cm³/mol. The summed E-state index contributed by atoms with van der Waals surface area (Å²) in [7, 11) is 4.46. The lowest BCUT2D eigenvalue weighted by molar-refractivity contribution is 0.0991. The average Bonchev–Trinajstić information content (AvgIpc) is 3.20. The number of anilines is 1. The van der Waals surface area contributed by atoms with Gasteiger partial charge >= 0.3 is 0 Å². The maximum Gasteiger partial charge on any atom is 0.291 e. The topological polar surface area (TPSA) is 99.4 Å². The van der Waals surface area contributed by atoms with Gasteiger partial charge in [0.15, 0.2) is 5.76 Å². The largest absolute Gasteiger partial charge is 0.508 e. The number of phenols is 1. The maximum absolute atomic E-state index is 12.6. The number of furan rings is 1. The third kappa shape index (κ3) is 4.21. The van der Waals surface area contributed by atoms with Gasteiger partial charge in [0, 0.05) is 23.8 Å². The first-order valence-electron chi connectivity index (χ1n) is 8.64. The summed E-state index contributed by atoms with van der Waals surface area (Å²) in [6.45, 7) is 1.71. The molecule has 1 heterocycles. The number of hydrogen-bond donors (Lipinski definition) is 2. The van der Waals surface area contributed by atoms with E-state index in [0.717, 1.165) is 0 Å². The van der Waals surface area contributed by atoms with Crippen LogP contribution in [0.2, 0.25) is 0 Å². The van der Waals surface area contributed by atoms with E-state index in [0.29, 0.717) is 34.2 Å². The number of phenolic OH excluding ortho intramolecular Hbond substituents is 1. The van der Waals surface area contributed by atoms with Crippen LogP contribution in [0.25, 0.3) is 0 Å². The van der Waals surface area contributed by atoms with Gasteiger partial charge in [0.05, 0.1) is 21.3 Å².